The second-order valence-electron chi connectivity index (χ2n) is 7.74. The number of ketones is 2. The van der Waals surface area contributed by atoms with Crippen molar-refractivity contribution in [3.05, 3.63) is 58.4 Å². The summed E-state index contributed by atoms with van der Waals surface area (Å²) in [7, 11) is 0. The fourth-order valence-electron chi connectivity index (χ4n) is 4.84. The lowest BCUT2D eigenvalue weighted by Gasteiger charge is -2.60. The van der Waals surface area contributed by atoms with E-state index in [2.05, 4.69) is 13.8 Å². The van der Waals surface area contributed by atoms with E-state index < -0.39 is 0 Å². The van der Waals surface area contributed by atoms with E-state index in [9.17, 15) is 9.59 Å². The zero-order valence-electron chi connectivity index (χ0n) is 13.3. The highest BCUT2D eigenvalue weighted by atomic mass is 16.5. The molecule has 0 radical (unpaired) electrons. The van der Waals surface area contributed by atoms with E-state index in [0.717, 1.165) is 6.42 Å². The largest absolute Gasteiger partial charge is 0.481 e. The molecule has 3 fully saturated rings. The number of fused-ring (bicyclic) bond motifs is 1. The number of hydrogen-bond donors (Lipinski definition) is 0. The zero-order chi connectivity index (χ0) is 15.9. The van der Waals surface area contributed by atoms with Crippen molar-refractivity contribution in [2.75, 3.05) is 0 Å². The molecule has 1 aromatic rings. The van der Waals surface area contributed by atoms with E-state index in [4.69, 9.17) is 4.74 Å². The summed E-state index contributed by atoms with van der Waals surface area (Å²) in [5.41, 5.74) is 2.92. The first kappa shape index (κ1) is 13.3. The minimum absolute atomic E-state index is 0.0208. The maximum atomic E-state index is 12.8. The van der Waals surface area contributed by atoms with Crippen molar-refractivity contribution in [2.24, 2.45) is 17.3 Å². The highest BCUT2D eigenvalue weighted by Gasteiger charge is 2.57. The molecule has 0 N–H and O–H groups in total. The molecule has 0 saturated heterocycles. The zero-order valence-corrected chi connectivity index (χ0v) is 13.3. The molecule has 23 heavy (non-hydrogen) atoms. The summed E-state index contributed by atoms with van der Waals surface area (Å²) in [5, 5.41) is 0. The molecule has 2 bridgehead atoms. The van der Waals surface area contributed by atoms with Gasteiger partial charge in [-0.05, 0) is 41.7 Å². The first-order valence-electron chi connectivity index (χ1n) is 8.29. The number of Topliss-reactive ketones (excluding diaryl/α,β-unsaturated/α-hetero) is 2. The van der Waals surface area contributed by atoms with Gasteiger partial charge in [-0.1, -0.05) is 38.1 Å². The second kappa shape index (κ2) is 4.02. The molecule has 1 heterocycles. The minimum Gasteiger partial charge on any atom is -0.481 e. The van der Waals surface area contributed by atoms with Gasteiger partial charge in [-0.15, -0.1) is 0 Å². The molecule has 0 spiro atoms. The smallest absolute Gasteiger partial charge is 0.229 e. The second-order valence-corrected chi connectivity index (χ2v) is 7.74. The summed E-state index contributed by atoms with van der Waals surface area (Å²) < 4.78 is 6.07. The fraction of sp³-hybridized carbons (Fsp3) is 0.400. The summed E-state index contributed by atoms with van der Waals surface area (Å²) >= 11 is 0. The quantitative estimate of drug-likeness (QED) is 0.734. The van der Waals surface area contributed by atoms with E-state index in [1.54, 1.807) is 24.3 Å². The Morgan fingerprint density at radius 1 is 1.04 bits per heavy atom. The highest BCUT2D eigenvalue weighted by Crippen LogP contribution is 2.63. The van der Waals surface area contributed by atoms with Crippen molar-refractivity contribution in [1.82, 2.24) is 0 Å². The Morgan fingerprint density at radius 2 is 1.74 bits per heavy atom. The van der Waals surface area contributed by atoms with E-state index >= 15 is 0 Å². The number of benzene rings is 1. The van der Waals surface area contributed by atoms with Crippen LogP contribution in [0, 0.1) is 17.3 Å². The molecule has 5 aliphatic rings. The number of allylic oxidation sites excluding steroid dienone is 3. The van der Waals surface area contributed by atoms with E-state index in [1.807, 2.05) is 6.08 Å². The number of rotatable bonds is 0. The van der Waals surface area contributed by atoms with Crippen molar-refractivity contribution in [3.63, 3.8) is 0 Å². The van der Waals surface area contributed by atoms with Gasteiger partial charge in [0.2, 0.25) is 5.78 Å². The van der Waals surface area contributed by atoms with Gasteiger partial charge >= 0.3 is 0 Å². The van der Waals surface area contributed by atoms with Crippen molar-refractivity contribution in [1.29, 1.82) is 0 Å². The number of carbonyl (C=O) groups is 2. The highest BCUT2D eigenvalue weighted by molar-refractivity contribution is 6.27. The van der Waals surface area contributed by atoms with Gasteiger partial charge in [-0.25, -0.2) is 0 Å². The molecule has 0 aromatic heterocycles. The predicted molar refractivity (Wildman–Crippen MR) is 85.1 cm³/mol. The molecule has 3 nitrogen and oxygen atoms in total. The third kappa shape index (κ3) is 1.50. The Bertz CT molecular complexity index is 840. The predicted octanol–water partition coefficient (Wildman–Crippen LogP) is 3.71. The monoisotopic (exact) mass is 306 g/mol. The summed E-state index contributed by atoms with van der Waals surface area (Å²) in [6.07, 6.45) is 4.09. The van der Waals surface area contributed by atoms with Crippen LogP contribution >= 0.6 is 0 Å². The lowest BCUT2D eigenvalue weighted by atomic mass is 9.46. The molecule has 1 aromatic carbocycles. The average molecular weight is 306 g/mol. The molecule has 6 rings (SSSR count). The molecule has 3 atom stereocenters. The van der Waals surface area contributed by atoms with Gasteiger partial charge in [0, 0.05) is 11.1 Å². The van der Waals surface area contributed by atoms with Gasteiger partial charge in [-0.2, -0.15) is 0 Å². The van der Waals surface area contributed by atoms with Crippen LogP contribution in [0.1, 0.15) is 47.4 Å². The van der Waals surface area contributed by atoms with Crippen molar-refractivity contribution >= 4 is 11.6 Å². The van der Waals surface area contributed by atoms with Crippen LogP contribution in [0.3, 0.4) is 0 Å². The van der Waals surface area contributed by atoms with Crippen LogP contribution in [-0.2, 0) is 4.74 Å². The topological polar surface area (TPSA) is 43.4 Å². The summed E-state index contributed by atoms with van der Waals surface area (Å²) in [4.78, 5) is 25.5. The van der Waals surface area contributed by atoms with Crippen LogP contribution in [0.4, 0.5) is 0 Å². The fourth-order valence-corrected chi connectivity index (χ4v) is 4.84. The molecule has 4 aliphatic carbocycles. The summed E-state index contributed by atoms with van der Waals surface area (Å²) in [6, 6.07) is 7.03. The molecule has 1 aliphatic heterocycles. The molecule has 3 heteroatoms. The number of carbonyl (C=O) groups excluding carboxylic acids is 2. The third-order valence-corrected chi connectivity index (χ3v) is 6.43. The first-order valence-corrected chi connectivity index (χ1v) is 8.29. The lowest BCUT2D eigenvalue weighted by molar-refractivity contribution is -0.0794. The molecule has 116 valence electrons. The van der Waals surface area contributed by atoms with Crippen molar-refractivity contribution in [2.45, 2.75) is 32.8 Å². The standard InChI is InChI=1S/C20H18O3/c1-20(2)10-7-15(20)13-9-14-17(21)11-5-3-4-6-12(11)18(22)19(14)23-16(13)8-10/h3-6,9-10,15-16H,7-8H2,1-2H3/t10-,15+,16?/m1/s1. The van der Waals surface area contributed by atoms with Crippen LogP contribution in [-0.4, -0.2) is 17.7 Å². The van der Waals surface area contributed by atoms with Crippen LogP contribution < -0.4 is 0 Å². The lowest BCUT2D eigenvalue weighted by Crippen LogP contribution is -2.55. The Kier molecular flexibility index (Phi) is 2.33. The van der Waals surface area contributed by atoms with Gasteiger partial charge in [-0.3, -0.25) is 9.59 Å². The molecule has 0 amide bonds. The Hall–Kier alpha value is -2.16. The molecule has 3 saturated carbocycles. The molecular weight excluding hydrogens is 288 g/mol. The summed E-state index contributed by atoms with van der Waals surface area (Å²) in [5.74, 6) is 1.16. The number of hydrogen-bond acceptors (Lipinski definition) is 3. The van der Waals surface area contributed by atoms with Crippen LogP contribution in [0.25, 0.3) is 0 Å². The van der Waals surface area contributed by atoms with Crippen LogP contribution in [0.2, 0.25) is 0 Å². The molecular formula is C20H18O3. The number of ether oxygens (including phenoxy) is 1. The Labute approximate surface area is 135 Å². The Morgan fingerprint density at radius 3 is 2.43 bits per heavy atom. The average Bonchev–Trinajstić information content (AvgIpc) is 2.57. The SMILES string of the molecule is CC1(C)[C@H]2CC3OC4=C(C=C3[C@@H]1C2)C(=O)c1ccccc1C4=O. The van der Waals surface area contributed by atoms with Gasteiger partial charge in [0.05, 0.1) is 5.57 Å². The van der Waals surface area contributed by atoms with Crippen molar-refractivity contribution in [3.8, 4) is 0 Å². The maximum absolute atomic E-state index is 12.8. The van der Waals surface area contributed by atoms with E-state index in [-0.39, 0.29) is 28.8 Å². The van der Waals surface area contributed by atoms with E-state index in [1.165, 1.54) is 12.0 Å². The van der Waals surface area contributed by atoms with Gasteiger partial charge < -0.3 is 4.74 Å². The minimum atomic E-state index is -0.149. The maximum Gasteiger partial charge on any atom is 0.229 e. The Balaban J connectivity index is 1.65. The summed E-state index contributed by atoms with van der Waals surface area (Å²) in [6.45, 7) is 4.60. The van der Waals surface area contributed by atoms with E-state index in [0.29, 0.717) is 28.5 Å². The van der Waals surface area contributed by atoms with Crippen LogP contribution in [0.5, 0.6) is 0 Å². The molecule has 1 unspecified atom stereocenters. The first-order chi connectivity index (χ1) is 11.0. The van der Waals surface area contributed by atoms with Gasteiger partial charge in [0.1, 0.15) is 6.10 Å². The normalized spacial score (nSPS) is 33.0. The van der Waals surface area contributed by atoms with Gasteiger partial charge in [0.15, 0.2) is 11.5 Å². The third-order valence-electron chi connectivity index (χ3n) is 6.43. The van der Waals surface area contributed by atoms with Gasteiger partial charge in [0.25, 0.3) is 0 Å². The van der Waals surface area contributed by atoms with Crippen LogP contribution in [0.15, 0.2) is 47.2 Å². The van der Waals surface area contributed by atoms with Crippen molar-refractivity contribution < 1.29 is 14.3 Å².